The van der Waals surface area contributed by atoms with Crippen LogP contribution in [0.1, 0.15) is 5.69 Å². The fourth-order valence-corrected chi connectivity index (χ4v) is 0.708. The minimum Gasteiger partial charge on any atom is -0.482 e. The van der Waals surface area contributed by atoms with Crippen LogP contribution in [0.15, 0.2) is 18.2 Å². The van der Waals surface area contributed by atoms with Gasteiger partial charge in [-0.2, -0.15) is 0 Å². The molecule has 0 aliphatic heterocycles. The number of nitrogens with one attached hydrogen (secondary N) is 1. The van der Waals surface area contributed by atoms with E-state index < -0.39 is 0 Å². The molecule has 1 aromatic heterocycles. The molecule has 0 bridgehead atoms. The first-order valence-corrected chi connectivity index (χ1v) is 2.99. The second-order valence-electron chi connectivity index (χ2n) is 1.95. The molecule has 0 fully saturated rings. The summed E-state index contributed by atoms with van der Waals surface area (Å²) in [6.07, 6.45) is 0. The van der Waals surface area contributed by atoms with Crippen molar-refractivity contribution in [1.29, 1.82) is 0 Å². The fourth-order valence-electron chi connectivity index (χ4n) is 0.708. The second kappa shape index (κ2) is 7.26. The van der Waals surface area contributed by atoms with E-state index in [1.165, 1.54) is 0 Å². The molecule has 0 saturated carbocycles. The first-order chi connectivity index (χ1) is 4.83. The Hall–Kier alpha value is -0.402. The molecule has 0 atom stereocenters. The van der Waals surface area contributed by atoms with Crippen molar-refractivity contribution in [2.24, 2.45) is 0 Å². The number of hydrogen-bond donors (Lipinski definition) is 0. The maximum atomic E-state index is 7.15. The monoisotopic (exact) mass is 336 g/mol. The van der Waals surface area contributed by atoms with Crippen molar-refractivity contribution in [1.82, 2.24) is 4.98 Å². The third kappa shape index (κ3) is 4.47. The van der Waals surface area contributed by atoms with E-state index in [1.807, 2.05) is 6.07 Å². The first kappa shape index (κ1) is 14.1. The van der Waals surface area contributed by atoms with Gasteiger partial charge in [0, 0.05) is 7.11 Å². The normalized spacial score (nSPS) is 8.08. The van der Waals surface area contributed by atoms with E-state index in [4.69, 9.17) is 10.5 Å². The third-order valence-corrected chi connectivity index (χ3v) is 1.10. The van der Waals surface area contributed by atoms with Crippen LogP contribution in [0.25, 0.3) is 5.73 Å². The van der Waals surface area contributed by atoms with Crippen LogP contribution in [0.4, 0.5) is 5.82 Å². The van der Waals surface area contributed by atoms with Crippen molar-refractivity contribution in [3.63, 3.8) is 0 Å². The van der Waals surface area contributed by atoms with E-state index in [0.29, 0.717) is 6.61 Å². The molecule has 4 heteroatoms. The molecule has 1 heterocycles. The average molecular weight is 336 g/mol. The van der Waals surface area contributed by atoms with Gasteiger partial charge in [-0.15, -0.1) is 0 Å². The van der Waals surface area contributed by atoms with Gasteiger partial charge in [-0.05, 0) is 5.69 Å². The second-order valence-corrected chi connectivity index (χ2v) is 1.95. The smallest absolute Gasteiger partial charge is 0.482 e. The van der Waals surface area contributed by atoms with E-state index in [-0.39, 0.29) is 34.3 Å². The first-order valence-electron chi connectivity index (χ1n) is 2.99. The molecule has 1 N–H and O–H groups in total. The molecule has 1 rings (SSSR count). The van der Waals surface area contributed by atoms with Crippen molar-refractivity contribution < 1.29 is 25.8 Å². The molecule has 3 nitrogen and oxygen atoms in total. The molecular weight excluding hydrogens is 324 g/mol. The Balaban J connectivity index is 0. The third-order valence-electron chi connectivity index (χ3n) is 1.10. The number of pyridine rings is 1. The van der Waals surface area contributed by atoms with Crippen LogP contribution < -0.4 is 0 Å². The molecule has 0 radical (unpaired) electrons. The van der Waals surface area contributed by atoms with Gasteiger partial charge in [0.05, 0.1) is 6.61 Å². The number of methoxy groups -OCH3 is 1. The van der Waals surface area contributed by atoms with Gasteiger partial charge in [-0.25, -0.2) is 0 Å². The topological polar surface area (TPSA) is 45.9 Å². The summed E-state index contributed by atoms with van der Waals surface area (Å²) in [5, 5.41) is 0. The maximum absolute atomic E-state index is 7.15. The quantitative estimate of drug-likeness (QED) is 0.779. The van der Waals surface area contributed by atoms with Crippen molar-refractivity contribution in [2.45, 2.75) is 6.61 Å². The van der Waals surface area contributed by atoms with Gasteiger partial charge in [0.1, 0.15) is 0 Å². The molecule has 12 heavy (non-hydrogen) atoms. The largest absolute Gasteiger partial charge is 2.00 e. The molecule has 66 valence electrons. The van der Waals surface area contributed by atoms with E-state index in [2.05, 4.69) is 4.98 Å². The van der Waals surface area contributed by atoms with Crippen LogP contribution in [0.5, 0.6) is 0 Å². The molecule has 0 aliphatic rings. The summed E-state index contributed by atoms with van der Waals surface area (Å²) in [6.45, 7) is 0.479. The van der Waals surface area contributed by atoms with E-state index >= 15 is 0 Å². The Bertz CT molecular complexity index is 218. The zero-order valence-electron chi connectivity index (χ0n) is 7.20. The molecule has 0 unspecified atom stereocenters. The van der Waals surface area contributed by atoms with Crippen molar-refractivity contribution in [2.75, 3.05) is 7.11 Å². The van der Waals surface area contributed by atoms with Crippen molar-refractivity contribution >= 4 is 5.82 Å². The minimum atomic E-state index is 0. The zero-order valence-corrected chi connectivity index (χ0v) is 10.1. The predicted octanol–water partition coefficient (Wildman–Crippen LogP) is 2.36. The van der Waals surface area contributed by atoms with Gasteiger partial charge in [-0.3, -0.25) is 0 Å². The molecule has 0 saturated heterocycles. The van der Waals surface area contributed by atoms with E-state index in [1.54, 1.807) is 19.2 Å². The van der Waals surface area contributed by atoms with Crippen LogP contribution in [-0.4, -0.2) is 12.1 Å². The molecule has 0 amide bonds. The van der Waals surface area contributed by atoms with Crippen LogP contribution in [0.2, 0.25) is 0 Å². The fraction of sp³-hybridized carbons (Fsp3) is 0.250. The number of hydrogen-bond acceptors (Lipinski definition) is 2. The van der Waals surface area contributed by atoms with Crippen LogP contribution >= 0.6 is 0 Å². The molecular formula is C8H12N2OW. The average Bonchev–Trinajstić information content (AvgIpc) is 1.88. The van der Waals surface area contributed by atoms with Crippen LogP contribution in [0, 0.1) is 7.43 Å². The number of ether oxygens (including phenoxy) is 1. The minimum absolute atomic E-state index is 0. The Kier molecular flexibility index (Phi) is 8.55. The van der Waals surface area contributed by atoms with Gasteiger partial charge in [0.2, 0.25) is 0 Å². The summed E-state index contributed by atoms with van der Waals surface area (Å²) in [5.74, 6) is 0.287. The SMILES string of the molecule is COCc1cccc([NH-])n1.[CH3-].[W+2]. The Morgan fingerprint density at radius 2 is 2.17 bits per heavy atom. The number of aromatic nitrogens is 1. The van der Waals surface area contributed by atoms with E-state index in [9.17, 15) is 0 Å². The summed E-state index contributed by atoms with van der Waals surface area (Å²) in [7, 11) is 1.61. The molecule has 0 aliphatic carbocycles. The number of nitrogens with zero attached hydrogens (tertiary/aromatic N) is 1. The summed E-state index contributed by atoms with van der Waals surface area (Å²) >= 11 is 0. The Morgan fingerprint density at radius 3 is 2.67 bits per heavy atom. The van der Waals surface area contributed by atoms with Crippen molar-refractivity contribution in [3.8, 4) is 0 Å². The molecule has 0 spiro atoms. The van der Waals surface area contributed by atoms with Crippen molar-refractivity contribution in [3.05, 3.63) is 37.1 Å². The summed E-state index contributed by atoms with van der Waals surface area (Å²) < 4.78 is 4.84. The van der Waals surface area contributed by atoms with E-state index in [0.717, 1.165) is 5.69 Å². The summed E-state index contributed by atoms with van der Waals surface area (Å²) in [5.41, 5.74) is 7.95. The van der Waals surface area contributed by atoms with Gasteiger partial charge in [0.25, 0.3) is 0 Å². The Labute approximate surface area is 87.6 Å². The number of rotatable bonds is 2. The van der Waals surface area contributed by atoms with Crippen LogP contribution in [0.3, 0.4) is 0 Å². The molecule has 1 aromatic rings. The Morgan fingerprint density at radius 1 is 1.50 bits per heavy atom. The zero-order chi connectivity index (χ0) is 7.40. The standard InChI is InChI=1S/C7H9N2O.CH3.W/c1-10-5-6-3-2-4-7(8)9-6;;/h2-4H,5H2,1H3,(H-,8,9);1H3;/q2*-1;+2. The maximum Gasteiger partial charge on any atom is 2.00 e. The van der Waals surface area contributed by atoms with Gasteiger partial charge in [-0.1, -0.05) is 24.0 Å². The van der Waals surface area contributed by atoms with Gasteiger partial charge < -0.3 is 22.9 Å². The van der Waals surface area contributed by atoms with Gasteiger partial charge in [0.15, 0.2) is 0 Å². The molecule has 0 aromatic carbocycles. The predicted molar refractivity (Wildman–Crippen MR) is 45.3 cm³/mol. The summed E-state index contributed by atoms with van der Waals surface area (Å²) in [4.78, 5) is 3.90. The van der Waals surface area contributed by atoms with Gasteiger partial charge >= 0.3 is 21.1 Å². The van der Waals surface area contributed by atoms with Crippen LogP contribution in [-0.2, 0) is 32.4 Å². The summed E-state index contributed by atoms with van der Waals surface area (Å²) in [6, 6.07) is 5.27.